The molecule has 0 amide bonds. The van der Waals surface area contributed by atoms with Crippen LogP contribution in [-0.4, -0.2) is 26.5 Å². The number of nitrogens with zero attached hydrogens (tertiary/aromatic N) is 1. The van der Waals surface area contributed by atoms with Gasteiger partial charge in [-0.2, -0.15) is 0 Å². The summed E-state index contributed by atoms with van der Waals surface area (Å²) in [6.07, 6.45) is 1.48. The zero-order valence-corrected chi connectivity index (χ0v) is 11.8. The van der Waals surface area contributed by atoms with E-state index in [1.807, 2.05) is 12.1 Å². The summed E-state index contributed by atoms with van der Waals surface area (Å²) >= 11 is 0. The average Bonchev–Trinajstić information content (AvgIpc) is 2.87. The summed E-state index contributed by atoms with van der Waals surface area (Å²) in [4.78, 5) is 23.8. The first-order valence-corrected chi connectivity index (χ1v) is 6.63. The predicted octanol–water partition coefficient (Wildman–Crippen LogP) is 2.81. The molecule has 0 bridgehead atoms. The van der Waals surface area contributed by atoms with Crippen molar-refractivity contribution in [3.63, 3.8) is 0 Å². The quantitative estimate of drug-likeness (QED) is 0.728. The Balaban J connectivity index is 2.17. The fourth-order valence-corrected chi connectivity index (χ4v) is 2.54. The van der Waals surface area contributed by atoms with Crippen LogP contribution in [0.5, 0.6) is 5.75 Å². The molecule has 5 heteroatoms. The second-order valence-electron chi connectivity index (χ2n) is 5.07. The number of aromatic carboxylic acids is 1. The molecular weight excluding hydrogens is 282 g/mol. The van der Waals surface area contributed by atoms with Crippen LogP contribution < -0.4 is 0 Å². The van der Waals surface area contributed by atoms with Gasteiger partial charge in [0, 0.05) is 24.4 Å². The van der Waals surface area contributed by atoms with Crippen LogP contribution in [0, 0.1) is 0 Å². The third-order valence-corrected chi connectivity index (χ3v) is 3.58. The molecule has 0 aliphatic carbocycles. The Morgan fingerprint density at radius 1 is 1.09 bits per heavy atom. The van der Waals surface area contributed by atoms with E-state index in [1.54, 1.807) is 25.2 Å². The van der Waals surface area contributed by atoms with Crippen LogP contribution in [0.25, 0.3) is 10.8 Å². The molecule has 0 aliphatic rings. The average molecular weight is 295 g/mol. The van der Waals surface area contributed by atoms with Crippen molar-refractivity contribution in [2.45, 2.75) is 0 Å². The number of carbonyl (C=O) groups excluding carboxylic acids is 1. The Hall–Kier alpha value is -3.08. The molecule has 22 heavy (non-hydrogen) atoms. The number of aryl methyl sites for hydroxylation is 1. The van der Waals surface area contributed by atoms with Gasteiger partial charge in [0.1, 0.15) is 11.4 Å². The van der Waals surface area contributed by atoms with E-state index in [4.69, 9.17) is 5.11 Å². The highest BCUT2D eigenvalue weighted by Crippen LogP contribution is 2.27. The zero-order valence-electron chi connectivity index (χ0n) is 11.8. The van der Waals surface area contributed by atoms with Crippen molar-refractivity contribution in [2.24, 2.45) is 7.05 Å². The first-order chi connectivity index (χ1) is 10.5. The summed E-state index contributed by atoms with van der Waals surface area (Å²) < 4.78 is 1.39. The van der Waals surface area contributed by atoms with Crippen LogP contribution in [0.2, 0.25) is 0 Å². The molecule has 110 valence electrons. The topological polar surface area (TPSA) is 79.5 Å². The van der Waals surface area contributed by atoms with E-state index in [0.717, 1.165) is 5.39 Å². The van der Waals surface area contributed by atoms with Gasteiger partial charge in [0.25, 0.3) is 0 Å². The molecule has 0 saturated carbocycles. The largest absolute Gasteiger partial charge is 0.508 e. The SMILES string of the molecule is Cn1cc(C(=O)c2cc(O)cc3ccccc23)cc1C(=O)O. The normalized spacial score (nSPS) is 10.8. The van der Waals surface area contributed by atoms with Gasteiger partial charge in [-0.25, -0.2) is 4.79 Å². The zero-order chi connectivity index (χ0) is 15.9. The number of aromatic nitrogens is 1. The van der Waals surface area contributed by atoms with E-state index in [0.29, 0.717) is 10.9 Å². The third kappa shape index (κ3) is 2.22. The molecule has 0 atom stereocenters. The van der Waals surface area contributed by atoms with Crippen LogP contribution >= 0.6 is 0 Å². The molecular formula is C17H13NO4. The van der Waals surface area contributed by atoms with E-state index in [2.05, 4.69) is 0 Å². The predicted molar refractivity (Wildman–Crippen MR) is 81.4 cm³/mol. The number of fused-ring (bicyclic) bond motifs is 1. The van der Waals surface area contributed by atoms with Gasteiger partial charge in [0.15, 0.2) is 5.78 Å². The summed E-state index contributed by atoms with van der Waals surface area (Å²) in [6.45, 7) is 0. The first-order valence-electron chi connectivity index (χ1n) is 6.63. The molecule has 0 saturated heterocycles. The lowest BCUT2D eigenvalue weighted by Gasteiger charge is -2.06. The van der Waals surface area contributed by atoms with Gasteiger partial charge in [-0.1, -0.05) is 24.3 Å². The number of phenolic OH excluding ortho intramolecular Hbond substituents is 1. The van der Waals surface area contributed by atoms with Crippen molar-refractivity contribution >= 4 is 22.5 Å². The maximum atomic E-state index is 12.7. The van der Waals surface area contributed by atoms with E-state index >= 15 is 0 Å². The summed E-state index contributed by atoms with van der Waals surface area (Å²) in [6, 6.07) is 11.6. The van der Waals surface area contributed by atoms with Crippen LogP contribution in [0.4, 0.5) is 0 Å². The molecule has 0 fully saturated rings. The lowest BCUT2D eigenvalue weighted by Crippen LogP contribution is -2.02. The smallest absolute Gasteiger partial charge is 0.352 e. The summed E-state index contributed by atoms with van der Waals surface area (Å²) in [5.41, 5.74) is 0.654. The first kappa shape index (κ1) is 13.9. The van der Waals surface area contributed by atoms with Crippen molar-refractivity contribution in [3.05, 3.63) is 65.5 Å². The highest BCUT2D eigenvalue weighted by Gasteiger charge is 2.18. The molecule has 0 spiro atoms. The molecule has 1 heterocycles. The maximum Gasteiger partial charge on any atom is 0.352 e. The number of carboxylic acids is 1. The highest BCUT2D eigenvalue weighted by molar-refractivity contribution is 6.17. The highest BCUT2D eigenvalue weighted by atomic mass is 16.4. The van der Waals surface area contributed by atoms with Crippen molar-refractivity contribution in [1.82, 2.24) is 4.57 Å². The minimum Gasteiger partial charge on any atom is -0.508 e. The number of carboxylic acid groups (broad SMARTS) is 1. The van der Waals surface area contributed by atoms with Crippen LogP contribution in [-0.2, 0) is 7.05 Å². The number of benzene rings is 2. The van der Waals surface area contributed by atoms with Gasteiger partial charge in [0.2, 0.25) is 0 Å². The minimum atomic E-state index is -1.10. The number of rotatable bonds is 3. The lowest BCUT2D eigenvalue weighted by atomic mass is 9.98. The molecule has 0 aliphatic heterocycles. The van der Waals surface area contributed by atoms with Crippen molar-refractivity contribution < 1.29 is 19.8 Å². The number of phenols is 1. The molecule has 1 aromatic heterocycles. The minimum absolute atomic E-state index is 0.00330. The third-order valence-electron chi connectivity index (χ3n) is 3.58. The molecule has 2 aromatic carbocycles. The van der Waals surface area contributed by atoms with Crippen molar-refractivity contribution in [2.75, 3.05) is 0 Å². The fourth-order valence-electron chi connectivity index (χ4n) is 2.54. The van der Waals surface area contributed by atoms with E-state index in [-0.39, 0.29) is 22.8 Å². The number of carbonyl (C=O) groups is 2. The van der Waals surface area contributed by atoms with Gasteiger partial charge in [0.05, 0.1) is 0 Å². The Labute approximate surface area is 126 Å². The number of ketones is 1. The number of aromatic hydroxyl groups is 1. The van der Waals surface area contributed by atoms with Gasteiger partial charge in [-0.05, 0) is 29.0 Å². The summed E-state index contributed by atoms with van der Waals surface area (Å²) in [7, 11) is 1.57. The number of hydrogen-bond acceptors (Lipinski definition) is 3. The standard InChI is InChI=1S/C17H13NO4/c1-18-9-11(7-15(18)17(21)22)16(20)14-8-12(19)6-10-4-2-3-5-13(10)14/h2-9,19H,1H3,(H,21,22). The van der Waals surface area contributed by atoms with Crippen molar-refractivity contribution in [3.8, 4) is 5.75 Å². The van der Waals surface area contributed by atoms with Crippen molar-refractivity contribution in [1.29, 1.82) is 0 Å². The van der Waals surface area contributed by atoms with Gasteiger partial charge in [-0.3, -0.25) is 4.79 Å². The van der Waals surface area contributed by atoms with Gasteiger partial charge < -0.3 is 14.8 Å². The molecule has 3 aromatic rings. The van der Waals surface area contributed by atoms with E-state index in [9.17, 15) is 14.7 Å². The lowest BCUT2D eigenvalue weighted by molar-refractivity contribution is 0.0686. The Bertz CT molecular complexity index is 908. The molecule has 0 radical (unpaired) electrons. The fraction of sp³-hybridized carbons (Fsp3) is 0.0588. The Morgan fingerprint density at radius 3 is 2.50 bits per heavy atom. The van der Waals surface area contributed by atoms with Crippen LogP contribution in [0.3, 0.4) is 0 Å². The molecule has 2 N–H and O–H groups in total. The second kappa shape index (κ2) is 5.04. The summed E-state index contributed by atoms with van der Waals surface area (Å²) in [5, 5.41) is 20.3. The molecule has 5 nitrogen and oxygen atoms in total. The summed E-state index contributed by atoms with van der Waals surface area (Å²) in [5.74, 6) is -1.42. The molecule has 3 rings (SSSR count). The van der Waals surface area contributed by atoms with Gasteiger partial charge >= 0.3 is 5.97 Å². The van der Waals surface area contributed by atoms with Gasteiger partial charge in [-0.15, -0.1) is 0 Å². The van der Waals surface area contributed by atoms with Crippen LogP contribution in [0.1, 0.15) is 26.4 Å². The van der Waals surface area contributed by atoms with E-state index < -0.39 is 5.97 Å². The Morgan fingerprint density at radius 2 is 1.82 bits per heavy atom. The van der Waals surface area contributed by atoms with Crippen LogP contribution in [0.15, 0.2) is 48.7 Å². The maximum absolute atomic E-state index is 12.7. The Kier molecular flexibility index (Phi) is 3.18. The molecule has 0 unspecified atom stereocenters. The monoisotopic (exact) mass is 295 g/mol. The van der Waals surface area contributed by atoms with E-state index in [1.165, 1.54) is 22.9 Å². The second-order valence-corrected chi connectivity index (χ2v) is 5.07. The number of hydrogen-bond donors (Lipinski definition) is 2.